The molecule has 0 aliphatic carbocycles. The Labute approximate surface area is 122 Å². The fraction of sp³-hybridized carbons (Fsp3) is 0.375. The average Bonchev–Trinajstić information content (AvgIpc) is 2.41. The molecule has 0 spiro atoms. The lowest BCUT2D eigenvalue weighted by Crippen LogP contribution is -2.08. The maximum Gasteiger partial charge on any atom is 0.336 e. The van der Waals surface area contributed by atoms with Crippen LogP contribution in [0.4, 0.5) is 0 Å². The van der Waals surface area contributed by atoms with E-state index in [1.54, 1.807) is 6.07 Å². The number of hydrogen-bond acceptors (Lipinski definition) is 5. The summed E-state index contributed by atoms with van der Waals surface area (Å²) in [6.07, 6.45) is 1.13. The number of rotatable bonds is 5. The van der Waals surface area contributed by atoms with E-state index >= 15 is 0 Å². The summed E-state index contributed by atoms with van der Waals surface area (Å²) in [5.74, 6) is 0.158. The van der Waals surface area contributed by atoms with Crippen LogP contribution in [0.1, 0.15) is 32.3 Å². The number of aromatic hydroxyl groups is 1. The molecule has 21 heavy (non-hydrogen) atoms. The molecule has 1 aromatic heterocycles. The van der Waals surface area contributed by atoms with Gasteiger partial charge in [0, 0.05) is 29.5 Å². The highest BCUT2D eigenvalue weighted by molar-refractivity contribution is 5.81. The van der Waals surface area contributed by atoms with Crippen LogP contribution in [0.3, 0.4) is 0 Å². The van der Waals surface area contributed by atoms with Gasteiger partial charge in [-0.25, -0.2) is 4.79 Å². The Bertz CT molecular complexity index is 699. The molecule has 5 heteroatoms. The standard InChI is InChI=1S/C16H18O5/c1-10(2)3-6-15(18)20-9-11-7-16(19)21-14-8-12(17)4-5-13(11)14/h4-5,7-8,10,17H,3,6,9H2,1-2H3. The fourth-order valence-corrected chi connectivity index (χ4v) is 1.97. The average molecular weight is 290 g/mol. The van der Waals surface area contributed by atoms with Crippen LogP contribution in [0, 0.1) is 5.92 Å². The van der Waals surface area contributed by atoms with E-state index in [9.17, 15) is 14.7 Å². The number of hydrogen-bond donors (Lipinski definition) is 1. The number of carbonyl (C=O) groups is 1. The van der Waals surface area contributed by atoms with Crippen molar-refractivity contribution in [2.24, 2.45) is 5.92 Å². The number of phenols is 1. The third-order valence-corrected chi connectivity index (χ3v) is 3.13. The van der Waals surface area contributed by atoms with Crippen molar-refractivity contribution in [3.63, 3.8) is 0 Å². The molecule has 0 unspecified atom stereocenters. The molecule has 0 aliphatic heterocycles. The first kappa shape index (κ1) is 15.1. The quantitative estimate of drug-likeness (QED) is 0.676. The van der Waals surface area contributed by atoms with Gasteiger partial charge in [-0.15, -0.1) is 0 Å². The molecule has 0 radical (unpaired) electrons. The monoisotopic (exact) mass is 290 g/mol. The van der Waals surface area contributed by atoms with Crippen molar-refractivity contribution in [2.75, 3.05) is 0 Å². The highest BCUT2D eigenvalue weighted by atomic mass is 16.5. The van der Waals surface area contributed by atoms with Crippen molar-refractivity contribution < 1.29 is 19.1 Å². The van der Waals surface area contributed by atoms with E-state index in [4.69, 9.17) is 9.15 Å². The normalized spacial score (nSPS) is 11.0. The van der Waals surface area contributed by atoms with E-state index in [0.717, 1.165) is 6.42 Å². The van der Waals surface area contributed by atoms with Gasteiger partial charge >= 0.3 is 11.6 Å². The molecule has 0 fully saturated rings. The first-order valence-corrected chi connectivity index (χ1v) is 6.87. The minimum atomic E-state index is -0.540. The van der Waals surface area contributed by atoms with Gasteiger partial charge in [-0.1, -0.05) is 13.8 Å². The number of fused-ring (bicyclic) bond motifs is 1. The zero-order valence-corrected chi connectivity index (χ0v) is 12.1. The SMILES string of the molecule is CC(C)CCC(=O)OCc1cc(=O)oc2cc(O)ccc12. The second-order valence-corrected chi connectivity index (χ2v) is 5.36. The lowest BCUT2D eigenvalue weighted by molar-refractivity contribution is -0.145. The van der Waals surface area contributed by atoms with Crippen LogP contribution in [-0.2, 0) is 16.1 Å². The molecular weight excluding hydrogens is 272 g/mol. The number of phenolic OH excluding ortho intramolecular Hbond substituents is 1. The minimum absolute atomic E-state index is 0.0109. The molecule has 0 saturated carbocycles. The Balaban J connectivity index is 2.15. The Morgan fingerprint density at radius 1 is 1.33 bits per heavy atom. The van der Waals surface area contributed by atoms with Crippen molar-refractivity contribution in [1.29, 1.82) is 0 Å². The van der Waals surface area contributed by atoms with E-state index in [0.29, 0.717) is 23.3 Å². The van der Waals surface area contributed by atoms with Crippen molar-refractivity contribution in [1.82, 2.24) is 0 Å². The molecule has 0 atom stereocenters. The summed E-state index contributed by atoms with van der Waals surface area (Å²) in [4.78, 5) is 23.1. The van der Waals surface area contributed by atoms with Crippen LogP contribution in [-0.4, -0.2) is 11.1 Å². The van der Waals surface area contributed by atoms with Crippen LogP contribution in [0.25, 0.3) is 11.0 Å². The molecule has 1 N–H and O–H groups in total. The number of ether oxygens (including phenoxy) is 1. The Morgan fingerprint density at radius 3 is 2.81 bits per heavy atom. The Morgan fingerprint density at radius 2 is 2.10 bits per heavy atom. The Hall–Kier alpha value is -2.30. The van der Waals surface area contributed by atoms with Crippen molar-refractivity contribution in [3.05, 3.63) is 40.2 Å². The largest absolute Gasteiger partial charge is 0.508 e. The molecular formula is C16H18O5. The summed E-state index contributed by atoms with van der Waals surface area (Å²) in [5.41, 5.74) is 0.302. The number of esters is 1. The van der Waals surface area contributed by atoms with Crippen molar-refractivity contribution in [3.8, 4) is 5.75 Å². The maximum absolute atomic E-state index is 11.6. The molecule has 2 aromatic rings. The summed E-state index contributed by atoms with van der Waals surface area (Å²) >= 11 is 0. The molecule has 112 valence electrons. The van der Waals surface area contributed by atoms with Crippen LogP contribution in [0.15, 0.2) is 33.5 Å². The molecule has 1 aromatic carbocycles. The van der Waals surface area contributed by atoms with Crippen molar-refractivity contribution >= 4 is 16.9 Å². The van der Waals surface area contributed by atoms with Gasteiger partial charge in [-0.2, -0.15) is 0 Å². The zero-order valence-electron chi connectivity index (χ0n) is 12.1. The smallest absolute Gasteiger partial charge is 0.336 e. The second kappa shape index (κ2) is 6.43. The zero-order chi connectivity index (χ0) is 15.4. The third kappa shape index (κ3) is 4.08. The topological polar surface area (TPSA) is 76.7 Å². The Kier molecular flexibility index (Phi) is 4.62. The van der Waals surface area contributed by atoms with Gasteiger partial charge in [0.1, 0.15) is 17.9 Å². The summed E-state index contributed by atoms with van der Waals surface area (Å²) in [5, 5.41) is 10.0. The lowest BCUT2D eigenvalue weighted by Gasteiger charge is -2.08. The van der Waals surface area contributed by atoms with E-state index in [-0.39, 0.29) is 23.9 Å². The van der Waals surface area contributed by atoms with Gasteiger partial charge in [-0.05, 0) is 24.5 Å². The van der Waals surface area contributed by atoms with E-state index in [1.807, 2.05) is 13.8 Å². The summed E-state index contributed by atoms with van der Waals surface area (Å²) in [6.45, 7) is 4.09. The first-order valence-electron chi connectivity index (χ1n) is 6.87. The van der Waals surface area contributed by atoms with Gasteiger partial charge in [0.05, 0.1) is 0 Å². The van der Waals surface area contributed by atoms with Gasteiger partial charge in [0.25, 0.3) is 0 Å². The van der Waals surface area contributed by atoms with Gasteiger partial charge in [0.15, 0.2) is 0 Å². The van der Waals surface area contributed by atoms with E-state index in [2.05, 4.69) is 0 Å². The highest BCUT2D eigenvalue weighted by Gasteiger charge is 2.10. The number of benzene rings is 1. The van der Waals surface area contributed by atoms with Crippen LogP contribution < -0.4 is 5.63 Å². The molecule has 0 bridgehead atoms. The molecule has 1 heterocycles. The molecule has 2 rings (SSSR count). The maximum atomic E-state index is 11.6. The summed E-state index contributed by atoms with van der Waals surface area (Å²) < 4.78 is 10.2. The molecule has 0 amide bonds. The van der Waals surface area contributed by atoms with Gasteiger partial charge in [0.2, 0.25) is 0 Å². The fourth-order valence-electron chi connectivity index (χ4n) is 1.97. The van der Waals surface area contributed by atoms with Crippen molar-refractivity contribution in [2.45, 2.75) is 33.3 Å². The highest BCUT2D eigenvalue weighted by Crippen LogP contribution is 2.22. The lowest BCUT2D eigenvalue weighted by atomic mass is 10.1. The van der Waals surface area contributed by atoms with Crippen LogP contribution in [0.2, 0.25) is 0 Å². The van der Waals surface area contributed by atoms with E-state index < -0.39 is 5.63 Å². The molecule has 0 saturated heterocycles. The number of carbonyl (C=O) groups excluding carboxylic acids is 1. The first-order chi connectivity index (χ1) is 9.95. The van der Waals surface area contributed by atoms with Gasteiger partial charge < -0.3 is 14.3 Å². The van der Waals surface area contributed by atoms with Gasteiger partial charge in [-0.3, -0.25) is 4.79 Å². The predicted octanol–water partition coefficient (Wildman–Crippen LogP) is 2.98. The van der Waals surface area contributed by atoms with Crippen LogP contribution in [0.5, 0.6) is 5.75 Å². The molecule has 5 nitrogen and oxygen atoms in total. The predicted molar refractivity (Wildman–Crippen MR) is 78.0 cm³/mol. The second-order valence-electron chi connectivity index (χ2n) is 5.36. The third-order valence-electron chi connectivity index (χ3n) is 3.13. The van der Waals surface area contributed by atoms with E-state index in [1.165, 1.54) is 18.2 Å². The van der Waals surface area contributed by atoms with Crippen LogP contribution >= 0.6 is 0 Å². The molecule has 0 aliphatic rings. The summed E-state index contributed by atoms with van der Waals surface area (Å²) in [6, 6.07) is 5.78. The minimum Gasteiger partial charge on any atom is -0.508 e. The summed E-state index contributed by atoms with van der Waals surface area (Å²) in [7, 11) is 0.